The van der Waals surface area contributed by atoms with E-state index in [1.165, 1.54) is 31.2 Å². The number of hydrogen-bond acceptors (Lipinski definition) is 3. The highest BCUT2D eigenvalue weighted by Gasteiger charge is 2.32. The average Bonchev–Trinajstić information content (AvgIpc) is 2.81. The van der Waals surface area contributed by atoms with Gasteiger partial charge in [-0.3, -0.25) is 0 Å². The lowest BCUT2D eigenvalue weighted by Gasteiger charge is -2.36. The van der Waals surface area contributed by atoms with Crippen molar-refractivity contribution >= 4 is 0 Å². The van der Waals surface area contributed by atoms with Gasteiger partial charge in [-0.25, -0.2) is 0 Å². The molecule has 1 aromatic rings. The fraction of sp³-hybridized carbons (Fsp3) is 0.647. The van der Waals surface area contributed by atoms with Crippen LogP contribution in [0.3, 0.4) is 0 Å². The van der Waals surface area contributed by atoms with Gasteiger partial charge in [-0.1, -0.05) is 26.7 Å². The van der Waals surface area contributed by atoms with Gasteiger partial charge < -0.3 is 15.2 Å². The number of fused-ring (bicyclic) bond motifs is 1. The van der Waals surface area contributed by atoms with E-state index in [2.05, 4.69) is 19.2 Å². The maximum absolute atomic E-state index is 9.52. The molecule has 3 nitrogen and oxygen atoms in total. The van der Waals surface area contributed by atoms with Crippen molar-refractivity contribution in [1.29, 1.82) is 0 Å². The normalized spacial score (nSPS) is 29.2. The third-order valence-corrected chi connectivity index (χ3v) is 4.87. The molecule has 3 atom stereocenters. The summed E-state index contributed by atoms with van der Waals surface area (Å²) in [6.45, 7) is 5.35. The molecule has 1 aromatic carbocycles. The van der Waals surface area contributed by atoms with Crippen molar-refractivity contribution in [2.24, 2.45) is 11.8 Å². The SMILES string of the molecule is CC(C)C1CCCCC1NC1COc2cc(O)ccc21. The molecule has 1 saturated carbocycles. The first kappa shape index (κ1) is 13.7. The van der Waals surface area contributed by atoms with Crippen LogP contribution in [-0.4, -0.2) is 17.8 Å². The summed E-state index contributed by atoms with van der Waals surface area (Å²) < 4.78 is 5.71. The van der Waals surface area contributed by atoms with Crippen molar-refractivity contribution in [2.45, 2.75) is 51.6 Å². The molecule has 1 fully saturated rings. The third kappa shape index (κ3) is 2.64. The molecule has 20 heavy (non-hydrogen) atoms. The molecule has 1 aliphatic carbocycles. The van der Waals surface area contributed by atoms with Crippen LogP contribution in [0.5, 0.6) is 11.5 Å². The van der Waals surface area contributed by atoms with Gasteiger partial charge in [-0.2, -0.15) is 0 Å². The van der Waals surface area contributed by atoms with Gasteiger partial charge in [0, 0.05) is 17.7 Å². The number of phenols is 1. The minimum absolute atomic E-state index is 0.273. The highest BCUT2D eigenvalue weighted by Crippen LogP contribution is 2.37. The highest BCUT2D eigenvalue weighted by atomic mass is 16.5. The molecule has 3 rings (SSSR count). The lowest BCUT2D eigenvalue weighted by Crippen LogP contribution is -2.43. The van der Waals surface area contributed by atoms with E-state index in [1.807, 2.05) is 6.07 Å². The summed E-state index contributed by atoms with van der Waals surface area (Å²) in [5, 5.41) is 13.3. The summed E-state index contributed by atoms with van der Waals surface area (Å²) in [5.74, 6) is 2.61. The largest absolute Gasteiger partial charge is 0.508 e. The molecule has 0 amide bonds. The number of nitrogens with one attached hydrogen (secondary N) is 1. The van der Waals surface area contributed by atoms with Crippen molar-refractivity contribution < 1.29 is 9.84 Å². The van der Waals surface area contributed by atoms with Crippen LogP contribution in [0.25, 0.3) is 0 Å². The molecule has 0 aromatic heterocycles. The van der Waals surface area contributed by atoms with Crippen LogP contribution in [0.4, 0.5) is 0 Å². The summed E-state index contributed by atoms with van der Waals surface area (Å²) in [4.78, 5) is 0. The predicted molar refractivity (Wildman–Crippen MR) is 80.1 cm³/mol. The first-order valence-corrected chi connectivity index (χ1v) is 7.87. The summed E-state index contributed by atoms with van der Waals surface area (Å²) in [6.07, 6.45) is 5.31. The maximum atomic E-state index is 9.52. The van der Waals surface area contributed by atoms with E-state index in [1.54, 1.807) is 12.1 Å². The zero-order valence-electron chi connectivity index (χ0n) is 12.4. The molecule has 2 aliphatic rings. The van der Waals surface area contributed by atoms with Crippen LogP contribution >= 0.6 is 0 Å². The monoisotopic (exact) mass is 275 g/mol. The number of aromatic hydroxyl groups is 1. The average molecular weight is 275 g/mol. The van der Waals surface area contributed by atoms with Crippen molar-refractivity contribution in [3.63, 3.8) is 0 Å². The van der Waals surface area contributed by atoms with Crippen molar-refractivity contribution in [1.82, 2.24) is 5.32 Å². The minimum atomic E-state index is 0.273. The Kier molecular flexibility index (Phi) is 3.88. The van der Waals surface area contributed by atoms with Gasteiger partial charge >= 0.3 is 0 Å². The van der Waals surface area contributed by atoms with Gasteiger partial charge in [0.1, 0.15) is 18.1 Å². The second-order valence-corrected chi connectivity index (χ2v) is 6.55. The Morgan fingerprint density at radius 1 is 1.25 bits per heavy atom. The maximum Gasteiger partial charge on any atom is 0.127 e. The van der Waals surface area contributed by atoms with Crippen molar-refractivity contribution in [3.8, 4) is 11.5 Å². The van der Waals surface area contributed by atoms with Gasteiger partial charge in [0.05, 0.1) is 6.04 Å². The highest BCUT2D eigenvalue weighted by molar-refractivity contribution is 5.44. The second kappa shape index (κ2) is 5.65. The standard InChI is InChI=1S/C17H25NO2/c1-11(2)13-5-3-4-6-15(13)18-16-10-20-17-9-12(19)7-8-14(16)17/h7-9,11,13,15-16,18-19H,3-6,10H2,1-2H3. The van der Waals surface area contributed by atoms with Crippen LogP contribution in [0, 0.1) is 11.8 Å². The summed E-state index contributed by atoms with van der Waals surface area (Å²) >= 11 is 0. The molecular weight excluding hydrogens is 250 g/mol. The zero-order chi connectivity index (χ0) is 14.1. The third-order valence-electron chi connectivity index (χ3n) is 4.87. The first-order valence-electron chi connectivity index (χ1n) is 7.87. The zero-order valence-corrected chi connectivity index (χ0v) is 12.4. The molecule has 1 aliphatic heterocycles. The number of rotatable bonds is 3. The predicted octanol–water partition coefficient (Wildman–Crippen LogP) is 3.63. The molecule has 0 radical (unpaired) electrons. The lowest BCUT2D eigenvalue weighted by atomic mass is 9.77. The molecule has 3 heteroatoms. The van der Waals surface area contributed by atoms with E-state index in [0.29, 0.717) is 12.6 Å². The van der Waals surface area contributed by atoms with Crippen molar-refractivity contribution in [2.75, 3.05) is 6.61 Å². The van der Waals surface area contributed by atoms with Crippen LogP contribution < -0.4 is 10.1 Å². The summed E-state index contributed by atoms with van der Waals surface area (Å²) in [5.41, 5.74) is 1.19. The fourth-order valence-electron chi connectivity index (χ4n) is 3.76. The number of ether oxygens (including phenoxy) is 1. The van der Waals surface area contributed by atoms with E-state index >= 15 is 0 Å². The summed E-state index contributed by atoms with van der Waals surface area (Å²) in [7, 11) is 0. The lowest BCUT2D eigenvalue weighted by molar-refractivity contribution is 0.182. The Labute approximate surface area is 121 Å². The Balaban J connectivity index is 1.72. The Hall–Kier alpha value is -1.22. The Morgan fingerprint density at radius 3 is 2.85 bits per heavy atom. The Bertz CT molecular complexity index is 472. The molecule has 0 spiro atoms. The van der Waals surface area contributed by atoms with Crippen molar-refractivity contribution in [3.05, 3.63) is 23.8 Å². The first-order chi connectivity index (χ1) is 9.65. The van der Waals surface area contributed by atoms with Gasteiger partial charge in [0.25, 0.3) is 0 Å². The van der Waals surface area contributed by atoms with E-state index in [0.717, 1.165) is 17.6 Å². The fourth-order valence-corrected chi connectivity index (χ4v) is 3.76. The van der Waals surface area contributed by atoms with E-state index in [-0.39, 0.29) is 11.8 Å². The van der Waals surface area contributed by atoms with Gasteiger partial charge in [-0.05, 0) is 36.8 Å². The number of hydrogen-bond donors (Lipinski definition) is 2. The smallest absolute Gasteiger partial charge is 0.127 e. The van der Waals surface area contributed by atoms with Gasteiger partial charge in [0.15, 0.2) is 0 Å². The Morgan fingerprint density at radius 2 is 2.05 bits per heavy atom. The molecular formula is C17H25NO2. The van der Waals surface area contributed by atoms with Gasteiger partial charge in [0.2, 0.25) is 0 Å². The van der Waals surface area contributed by atoms with E-state index in [4.69, 9.17) is 4.74 Å². The quantitative estimate of drug-likeness (QED) is 0.885. The molecule has 110 valence electrons. The van der Waals surface area contributed by atoms with E-state index in [9.17, 15) is 5.11 Å². The minimum Gasteiger partial charge on any atom is -0.508 e. The number of benzene rings is 1. The molecule has 3 unspecified atom stereocenters. The van der Waals surface area contributed by atoms with Crippen LogP contribution in [0.15, 0.2) is 18.2 Å². The van der Waals surface area contributed by atoms with Gasteiger partial charge in [-0.15, -0.1) is 0 Å². The second-order valence-electron chi connectivity index (χ2n) is 6.55. The van der Waals surface area contributed by atoms with Crippen LogP contribution in [-0.2, 0) is 0 Å². The van der Waals surface area contributed by atoms with E-state index < -0.39 is 0 Å². The molecule has 1 heterocycles. The van der Waals surface area contributed by atoms with Crippen LogP contribution in [0.2, 0.25) is 0 Å². The number of phenolic OH excluding ortho intramolecular Hbond substituents is 1. The van der Waals surface area contributed by atoms with Crippen LogP contribution in [0.1, 0.15) is 51.1 Å². The summed E-state index contributed by atoms with van der Waals surface area (Å²) in [6, 6.07) is 6.33. The molecule has 0 saturated heterocycles. The molecule has 2 N–H and O–H groups in total. The topological polar surface area (TPSA) is 41.5 Å². The molecule has 0 bridgehead atoms.